The van der Waals surface area contributed by atoms with E-state index in [0.29, 0.717) is 13.1 Å². The Morgan fingerprint density at radius 2 is 1.93 bits per heavy atom. The molecule has 76 valence electrons. The Labute approximate surface area is 84.9 Å². The third kappa shape index (κ3) is 3.60. The summed E-state index contributed by atoms with van der Waals surface area (Å²) in [6.07, 6.45) is 0.918. The van der Waals surface area contributed by atoms with E-state index in [-0.39, 0.29) is 5.41 Å². The fraction of sp³-hybridized carbons (Fsp3) is 0.417. The number of carbonyl (C=O) groups excluding carboxylic acids is 1. The van der Waals surface area contributed by atoms with Crippen LogP contribution in [0.2, 0.25) is 0 Å². The molecule has 0 aromatic heterocycles. The molecule has 0 radical (unpaired) electrons. The molecule has 1 aromatic carbocycles. The average molecular weight is 192 g/mol. The van der Waals surface area contributed by atoms with E-state index in [1.54, 1.807) is 0 Å². The van der Waals surface area contributed by atoms with Gasteiger partial charge in [-0.15, -0.1) is 0 Å². The maximum absolute atomic E-state index is 10.1. The van der Waals surface area contributed by atoms with Gasteiger partial charge in [0.2, 0.25) is 0 Å². The molecule has 0 fully saturated rings. The van der Waals surface area contributed by atoms with Crippen LogP contribution >= 0.6 is 0 Å². The second kappa shape index (κ2) is 4.80. The molecule has 0 aliphatic rings. The Hall–Kier alpha value is -1.31. The lowest BCUT2D eigenvalue weighted by atomic mass is 9.87. The van der Waals surface area contributed by atoms with Crippen LogP contribution in [0.4, 0.5) is 0 Å². The summed E-state index contributed by atoms with van der Waals surface area (Å²) in [5.41, 5.74) is 1.27. The van der Waals surface area contributed by atoms with Crippen molar-refractivity contribution in [3.63, 3.8) is 0 Å². The zero-order valence-corrected chi connectivity index (χ0v) is 8.69. The summed E-state index contributed by atoms with van der Waals surface area (Å²) in [7, 11) is 0. The minimum atomic E-state index is 0.00225. The van der Waals surface area contributed by atoms with Crippen LogP contribution in [0.5, 0.6) is 0 Å². The van der Waals surface area contributed by atoms with Crippen molar-refractivity contribution in [1.82, 2.24) is 0 Å². The van der Waals surface area contributed by atoms with Gasteiger partial charge in [0, 0.05) is 5.41 Å². The number of carbonyl (C=O) groups is 1. The first-order chi connectivity index (χ1) is 6.64. The number of hydrogen-bond donors (Lipinski definition) is 0. The van der Waals surface area contributed by atoms with Gasteiger partial charge in [0.05, 0.1) is 6.61 Å². The highest BCUT2D eigenvalue weighted by Crippen LogP contribution is 2.21. The molecule has 0 atom stereocenters. The molecule has 0 saturated carbocycles. The molecule has 0 bridgehead atoms. The fourth-order valence-corrected chi connectivity index (χ4v) is 1.46. The summed E-state index contributed by atoms with van der Waals surface area (Å²) >= 11 is 0. The van der Waals surface area contributed by atoms with Crippen molar-refractivity contribution in [2.24, 2.45) is 5.41 Å². The molecular formula is C12H16O2. The minimum absolute atomic E-state index is 0.00225. The number of hydrogen-bond acceptors (Lipinski definition) is 2. The molecule has 0 spiro atoms. The SMILES string of the molecule is CC(C)(COC=O)Cc1ccccc1. The van der Waals surface area contributed by atoms with E-state index in [9.17, 15) is 4.79 Å². The van der Waals surface area contributed by atoms with Gasteiger partial charge in [-0.3, -0.25) is 4.79 Å². The summed E-state index contributed by atoms with van der Waals surface area (Å²) in [4.78, 5) is 10.1. The first kappa shape index (κ1) is 10.8. The minimum Gasteiger partial charge on any atom is -0.467 e. The van der Waals surface area contributed by atoms with Gasteiger partial charge in [-0.05, 0) is 12.0 Å². The highest BCUT2D eigenvalue weighted by molar-refractivity contribution is 5.37. The summed E-state index contributed by atoms with van der Waals surface area (Å²) in [5, 5.41) is 0. The van der Waals surface area contributed by atoms with Crippen molar-refractivity contribution in [3.8, 4) is 0 Å². The first-order valence-corrected chi connectivity index (χ1v) is 4.73. The Morgan fingerprint density at radius 1 is 1.29 bits per heavy atom. The predicted molar refractivity (Wildman–Crippen MR) is 55.9 cm³/mol. The number of ether oxygens (including phenoxy) is 1. The van der Waals surface area contributed by atoms with Gasteiger partial charge in [0.15, 0.2) is 0 Å². The molecule has 0 aliphatic carbocycles. The van der Waals surface area contributed by atoms with E-state index in [4.69, 9.17) is 4.74 Å². The van der Waals surface area contributed by atoms with Gasteiger partial charge in [0.1, 0.15) is 0 Å². The van der Waals surface area contributed by atoms with Crippen molar-refractivity contribution >= 4 is 6.47 Å². The molecular weight excluding hydrogens is 176 g/mol. The van der Waals surface area contributed by atoms with Crippen LogP contribution in [0.25, 0.3) is 0 Å². The van der Waals surface area contributed by atoms with Crippen LogP contribution < -0.4 is 0 Å². The average Bonchev–Trinajstić information content (AvgIpc) is 2.16. The molecule has 0 unspecified atom stereocenters. The molecule has 0 saturated heterocycles. The highest BCUT2D eigenvalue weighted by Gasteiger charge is 2.18. The summed E-state index contributed by atoms with van der Waals surface area (Å²) in [6, 6.07) is 10.2. The molecule has 0 heterocycles. The summed E-state index contributed by atoms with van der Waals surface area (Å²) in [6.45, 7) is 5.14. The molecule has 1 rings (SSSR count). The smallest absolute Gasteiger partial charge is 0.293 e. The normalized spacial score (nSPS) is 11.0. The fourth-order valence-electron chi connectivity index (χ4n) is 1.46. The van der Waals surface area contributed by atoms with E-state index < -0.39 is 0 Å². The van der Waals surface area contributed by atoms with Gasteiger partial charge < -0.3 is 4.74 Å². The molecule has 2 heteroatoms. The Bertz CT molecular complexity index is 278. The van der Waals surface area contributed by atoms with Gasteiger partial charge in [-0.1, -0.05) is 44.2 Å². The Kier molecular flexibility index (Phi) is 3.69. The standard InChI is InChI=1S/C12H16O2/c1-12(2,9-14-10-13)8-11-6-4-3-5-7-11/h3-7,10H,8-9H2,1-2H3. The van der Waals surface area contributed by atoms with Crippen LogP contribution in [-0.4, -0.2) is 13.1 Å². The number of rotatable bonds is 5. The van der Waals surface area contributed by atoms with E-state index in [1.807, 2.05) is 18.2 Å². The lowest BCUT2D eigenvalue weighted by Gasteiger charge is -2.22. The largest absolute Gasteiger partial charge is 0.467 e. The summed E-state index contributed by atoms with van der Waals surface area (Å²) < 4.78 is 4.79. The van der Waals surface area contributed by atoms with Crippen LogP contribution in [-0.2, 0) is 16.0 Å². The van der Waals surface area contributed by atoms with Crippen molar-refractivity contribution < 1.29 is 9.53 Å². The molecule has 0 amide bonds. The van der Waals surface area contributed by atoms with Crippen molar-refractivity contribution in [2.45, 2.75) is 20.3 Å². The topological polar surface area (TPSA) is 26.3 Å². The molecule has 0 N–H and O–H groups in total. The maximum atomic E-state index is 10.1. The summed E-state index contributed by atoms with van der Waals surface area (Å²) in [5.74, 6) is 0. The van der Waals surface area contributed by atoms with Crippen molar-refractivity contribution in [2.75, 3.05) is 6.61 Å². The zero-order chi connectivity index (χ0) is 10.4. The monoisotopic (exact) mass is 192 g/mol. The Morgan fingerprint density at radius 3 is 2.50 bits per heavy atom. The van der Waals surface area contributed by atoms with E-state index >= 15 is 0 Å². The second-order valence-corrected chi connectivity index (χ2v) is 4.23. The van der Waals surface area contributed by atoms with Gasteiger partial charge in [0.25, 0.3) is 6.47 Å². The van der Waals surface area contributed by atoms with Crippen molar-refractivity contribution in [3.05, 3.63) is 35.9 Å². The lowest BCUT2D eigenvalue weighted by molar-refractivity contribution is -0.131. The van der Waals surface area contributed by atoms with Crippen LogP contribution in [0.1, 0.15) is 19.4 Å². The van der Waals surface area contributed by atoms with Crippen LogP contribution in [0, 0.1) is 5.41 Å². The van der Waals surface area contributed by atoms with E-state index in [1.165, 1.54) is 5.56 Å². The zero-order valence-electron chi connectivity index (χ0n) is 8.69. The van der Waals surface area contributed by atoms with Gasteiger partial charge in [-0.2, -0.15) is 0 Å². The third-order valence-electron chi connectivity index (χ3n) is 2.07. The second-order valence-electron chi connectivity index (χ2n) is 4.23. The first-order valence-electron chi connectivity index (χ1n) is 4.73. The van der Waals surface area contributed by atoms with E-state index in [0.717, 1.165) is 6.42 Å². The molecule has 14 heavy (non-hydrogen) atoms. The highest BCUT2D eigenvalue weighted by atomic mass is 16.5. The van der Waals surface area contributed by atoms with Crippen molar-refractivity contribution in [1.29, 1.82) is 0 Å². The maximum Gasteiger partial charge on any atom is 0.293 e. The quantitative estimate of drug-likeness (QED) is 0.670. The number of benzene rings is 1. The predicted octanol–water partition coefficient (Wildman–Crippen LogP) is 2.43. The Balaban J connectivity index is 2.54. The lowest BCUT2D eigenvalue weighted by Crippen LogP contribution is -2.21. The molecule has 2 nitrogen and oxygen atoms in total. The third-order valence-corrected chi connectivity index (χ3v) is 2.07. The van der Waals surface area contributed by atoms with Crippen LogP contribution in [0.15, 0.2) is 30.3 Å². The molecule has 1 aromatic rings. The van der Waals surface area contributed by atoms with Gasteiger partial charge >= 0.3 is 0 Å². The van der Waals surface area contributed by atoms with E-state index in [2.05, 4.69) is 26.0 Å². The van der Waals surface area contributed by atoms with Gasteiger partial charge in [-0.25, -0.2) is 0 Å². The van der Waals surface area contributed by atoms with Crippen LogP contribution in [0.3, 0.4) is 0 Å². The molecule has 0 aliphatic heterocycles.